The van der Waals surface area contributed by atoms with E-state index in [-0.39, 0.29) is 18.8 Å². The topological polar surface area (TPSA) is 52.9 Å². The fraction of sp³-hybridized carbons (Fsp3) is 0.667. The molecule has 22 heavy (non-hydrogen) atoms. The van der Waals surface area contributed by atoms with Gasteiger partial charge in [0.1, 0.15) is 5.75 Å². The van der Waals surface area contributed by atoms with Crippen LogP contribution in [0.2, 0.25) is 0 Å². The maximum absolute atomic E-state index is 9.67. The van der Waals surface area contributed by atoms with E-state index in [1.807, 2.05) is 12.1 Å². The van der Waals surface area contributed by atoms with Crippen LogP contribution in [0.1, 0.15) is 38.2 Å². The summed E-state index contributed by atoms with van der Waals surface area (Å²) in [5.41, 5.74) is 1.32. The number of hydrogen-bond acceptors (Lipinski definition) is 4. The van der Waals surface area contributed by atoms with Crippen LogP contribution in [0.15, 0.2) is 24.3 Å². The van der Waals surface area contributed by atoms with Gasteiger partial charge in [-0.15, -0.1) is 0 Å². The van der Waals surface area contributed by atoms with E-state index < -0.39 is 0 Å². The molecule has 2 N–H and O–H groups in total. The van der Waals surface area contributed by atoms with Crippen LogP contribution in [-0.4, -0.2) is 53.6 Å². The van der Waals surface area contributed by atoms with Crippen molar-refractivity contribution in [1.82, 2.24) is 4.90 Å². The summed E-state index contributed by atoms with van der Waals surface area (Å²) in [5, 5.41) is 19.1. The van der Waals surface area contributed by atoms with Gasteiger partial charge in [-0.2, -0.15) is 0 Å². The average molecular weight is 307 g/mol. The molecule has 0 radical (unpaired) electrons. The molecule has 1 aliphatic rings. The average Bonchev–Trinajstić information content (AvgIpc) is 2.55. The molecule has 4 heteroatoms. The number of hydrogen-bond donors (Lipinski definition) is 2. The highest BCUT2D eigenvalue weighted by Gasteiger charge is 2.26. The zero-order valence-electron chi connectivity index (χ0n) is 13.6. The summed E-state index contributed by atoms with van der Waals surface area (Å²) >= 11 is 0. The summed E-state index contributed by atoms with van der Waals surface area (Å²) in [6.07, 6.45) is 4.40. The van der Waals surface area contributed by atoms with Gasteiger partial charge in [-0.3, -0.25) is 4.90 Å². The fourth-order valence-electron chi connectivity index (χ4n) is 3.02. The Bertz CT molecular complexity index is 421. The molecule has 1 heterocycles. The van der Waals surface area contributed by atoms with Crippen LogP contribution in [0.4, 0.5) is 0 Å². The van der Waals surface area contributed by atoms with Gasteiger partial charge in [0.05, 0.1) is 19.3 Å². The smallest absolute Gasteiger partial charge is 0.119 e. The van der Waals surface area contributed by atoms with Crippen molar-refractivity contribution < 1.29 is 14.9 Å². The van der Waals surface area contributed by atoms with Gasteiger partial charge in [-0.25, -0.2) is 0 Å². The fourth-order valence-corrected chi connectivity index (χ4v) is 3.02. The Morgan fingerprint density at radius 1 is 1.27 bits per heavy atom. The number of aliphatic hydroxyl groups is 2. The molecule has 0 aliphatic carbocycles. The number of likely N-dealkylation sites (tertiary alicyclic amines) is 1. The van der Waals surface area contributed by atoms with Crippen LogP contribution < -0.4 is 4.74 Å². The van der Waals surface area contributed by atoms with E-state index in [0.717, 1.165) is 51.1 Å². The van der Waals surface area contributed by atoms with Crippen LogP contribution >= 0.6 is 0 Å². The van der Waals surface area contributed by atoms with Crippen molar-refractivity contribution in [3.05, 3.63) is 29.8 Å². The molecule has 0 spiro atoms. The molecular formula is C18H29NO3. The molecule has 4 nitrogen and oxygen atoms in total. The zero-order valence-corrected chi connectivity index (χ0v) is 13.6. The second-order valence-corrected chi connectivity index (χ2v) is 6.15. The molecular weight excluding hydrogens is 278 g/mol. The Morgan fingerprint density at radius 3 is 2.73 bits per heavy atom. The van der Waals surface area contributed by atoms with Crippen molar-refractivity contribution in [1.29, 1.82) is 0 Å². The van der Waals surface area contributed by atoms with Crippen LogP contribution in [0.25, 0.3) is 0 Å². The SMILES string of the molecule is CCCOc1ccc(CCCN2CC[C@@H](O)C[C@H]2CO)cc1. The molecule has 0 unspecified atom stereocenters. The molecule has 0 aromatic heterocycles. The summed E-state index contributed by atoms with van der Waals surface area (Å²) in [6.45, 7) is 4.87. The molecule has 124 valence electrons. The van der Waals surface area contributed by atoms with E-state index in [1.165, 1.54) is 5.56 Å². The lowest BCUT2D eigenvalue weighted by Crippen LogP contribution is -2.46. The van der Waals surface area contributed by atoms with Crippen LogP contribution in [-0.2, 0) is 6.42 Å². The van der Waals surface area contributed by atoms with Gasteiger partial charge >= 0.3 is 0 Å². The summed E-state index contributed by atoms with van der Waals surface area (Å²) < 4.78 is 5.59. The van der Waals surface area contributed by atoms with E-state index in [9.17, 15) is 10.2 Å². The second kappa shape index (κ2) is 9.13. The van der Waals surface area contributed by atoms with E-state index in [1.54, 1.807) is 0 Å². The number of aliphatic hydroxyl groups excluding tert-OH is 2. The summed E-state index contributed by atoms with van der Waals surface area (Å²) in [5.74, 6) is 0.941. The molecule has 1 aliphatic heterocycles. The van der Waals surface area contributed by atoms with Crippen molar-refractivity contribution >= 4 is 0 Å². The molecule has 0 saturated carbocycles. The predicted octanol–water partition coefficient (Wildman–Crippen LogP) is 2.23. The first-order valence-corrected chi connectivity index (χ1v) is 8.47. The minimum Gasteiger partial charge on any atom is -0.494 e. The minimum atomic E-state index is -0.246. The van der Waals surface area contributed by atoms with Crippen LogP contribution in [0.5, 0.6) is 5.75 Å². The van der Waals surface area contributed by atoms with Gasteiger partial charge in [-0.1, -0.05) is 19.1 Å². The lowest BCUT2D eigenvalue weighted by Gasteiger charge is -2.36. The minimum absolute atomic E-state index is 0.119. The quantitative estimate of drug-likeness (QED) is 0.773. The summed E-state index contributed by atoms with van der Waals surface area (Å²) in [7, 11) is 0. The molecule has 0 bridgehead atoms. The standard InChI is InChI=1S/C18H29NO3/c1-2-12-22-18-7-5-15(6-8-18)4-3-10-19-11-9-17(21)13-16(19)14-20/h5-8,16-17,20-21H,2-4,9-14H2,1H3/t16-,17+/m0/s1. The van der Waals surface area contributed by atoms with Crippen molar-refractivity contribution in [3.8, 4) is 5.75 Å². The first kappa shape index (κ1) is 17.3. The Morgan fingerprint density at radius 2 is 2.05 bits per heavy atom. The van der Waals surface area contributed by atoms with Gasteiger partial charge < -0.3 is 14.9 Å². The molecule has 1 saturated heterocycles. The number of nitrogens with zero attached hydrogens (tertiary/aromatic N) is 1. The van der Waals surface area contributed by atoms with Crippen molar-refractivity contribution in [3.63, 3.8) is 0 Å². The first-order chi connectivity index (χ1) is 10.7. The van der Waals surface area contributed by atoms with Gasteiger partial charge in [0.15, 0.2) is 0 Å². The third-order valence-electron chi connectivity index (χ3n) is 4.33. The lowest BCUT2D eigenvalue weighted by atomic mass is 9.99. The second-order valence-electron chi connectivity index (χ2n) is 6.15. The Hall–Kier alpha value is -1.10. The van der Waals surface area contributed by atoms with Gasteiger partial charge in [0.2, 0.25) is 0 Å². The Kier molecular flexibility index (Phi) is 7.16. The Balaban J connectivity index is 1.73. The monoisotopic (exact) mass is 307 g/mol. The highest BCUT2D eigenvalue weighted by atomic mass is 16.5. The number of piperidine rings is 1. The van der Waals surface area contributed by atoms with Gasteiger partial charge in [-0.05, 0) is 56.3 Å². The third-order valence-corrected chi connectivity index (χ3v) is 4.33. The van der Waals surface area contributed by atoms with Gasteiger partial charge in [0, 0.05) is 12.6 Å². The van der Waals surface area contributed by atoms with Crippen molar-refractivity contribution in [2.45, 2.75) is 51.2 Å². The van der Waals surface area contributed by atoms with Crippen LogP contribution in [0.3, 0.4) is 0 Å². The number of benzene rings is 1. The third kappa shape index (κ3) is 5.27. The number of aryl methyl sites for hydroxylation is 1. The number of ether oxygens (including phenoxy) is 1. The normalized spacial score (nSPS) is 22.7. The summed E-state index contributed by atoms with van der Waals surface area (Å²) in [4.78, 5) is 2.31. The van der Waals surface area contributed by atoms with Crippen LogP contribution in [0, 0.1) is 0 Å². The van der Waals surface area contributed by atoms with Gasteiger partial charge in [0.25, 0.3) is 0 Å². The maximum atomic E-state index is 9.67. The van der Waals surface area contributed by atoms with Crippen molar-refractivity contribution in [2.24, 2.45) is 0 Å². The first-order valence-electron chi connectivity index (χ1n) is 8.47. The van der Waals surface area contributed by atoms with Crippen molar-refractivity contribution in [2.75, 3.05) is 26.3 Å². The molecule has 1 fully saturated rings. The maximum Gasteiger partial charge on any atom is 0.119 e. The number of rotatable bonds is 8. The van der Waals surface area contributed by atoms with E-state index in [2.05, 4.69) is 24.0 Å². The molecule has 2 atom stereocenters. The van der Waals surface area contributed by atoms with E-state index >= 15 is 0 Å². The zero-order chi connectivity index (χ0) is 15.8. The molecule has 1 aromatic carbocycles. The predicted molar refractivity (Wildman–Crippen MR) is 88.2 cm³/mol. The highest BCUT2D eigenvalue weighted by molar-refractivity contribution is 5.27. The highest BCUT2D eigenvalue weighted by Crippen LogP contribution is 2.19. The molecule has 1 aromatic rings. The molecule has 2 rings (SSSR count). The van der Waals surface area contributed by atoms with E-state index in [0.29, 0.717) is 6.42 Å². The molecule has 0 amide bonds. The summed E-state index contributed by atoms with van der Waals surface area (Å²) in [6, 6.07) is 8.47. The Labute approximate surface area is 133 Å². The lowest BCUT2D eigenvalue weighted by molar-refractivity contribution is 0.0167. The largest absolute Gasteiger partial charge is 0.494 e. The van der Waals surface area contributed by atoms with E-state index in [4.69, 9.17) is 4.74 Å².